The lowest BCUT2D eigenvalue weighted by molar-refractivity contribution is 0.220. The minimum atomic E-state index is -0.552. The lowest BCUT2D eigenvalue weighted by Gasteiger charge is -2.32. The second-order valence-electron chi connectivity index (χ2n) is 5.92. The fourth-order valence-corrected chi connectivity index (χ4v) is 3.11. The smallest absolute Gasteiger partial charge is 0.106 e. The van der Waals surface area contributed by atoms with Gasteiger partial charge in [-0.1, -0.05) is 42.5 Å². The minimum Gasteiger partial charge on any atom is -0.384 e. The van der Waals surface area contributed by atoms with E-state index in [4.69, 9.17) is 0 Å². The summed E-state index contributed by atoms with van der Waals surface area (Å²) in [6.45, 7) is 4.31. The van der Waals surface area contributed by atoms with E-state index in [0.717, 1.165) is 24.2 Å². The first-order chi connectivity index (χ1) is 10.3. The summed E-state index contributed by atoms with van der Waals surface area (Å²) in [5, 5.41) is 10.8. The number of benzene rings is 2. The highest BCUT2D eigenvalue weighted by Gasteiger charge is 2.20. The lowest BCUT2D eigenvalue weighted by atomic mass is 9.97. The molecule has 1 saturated heterocycles. The summed E-state index contributed by atoms with van der Waals surface area (Å²) in [5.41, 5.74) is 4.43. The zero-order valence-electron chi connectivity index (χ0n) is 12.6. The van der Waals surface area contributed by atoms with Crippen molar-refractivity contribution < 1.29 is 5.11 Å². The molecule has 1 unspecified atom stereocenters. The van der Waals surface area contributed by atoms with E-state index in [0.29, 0.717) is 0 Å². The Bertz CT molecular complexity index is 588. The van der Waals surface area contributed by atoms with Crippen LogP contribution in [-0.2, 0) is 0 Å². The molecule has 2 heteroatoms. The molecular formula is C19H23NO. The van der Waals surface area contributed by atoms with Crippen LogP contribution in [0.5, 0.6) is 0 Å². The maximum Gasteiger partial charge on any atom is 0.106 e. The number of aliphatic hydroxyl groups is 1. The number of aryl methyl sites for hydroxylation is 1. The highest BCUT2D eigenvalue weighted by Crippen LogP contribution is 2.33. The van der Waals surface area contributed by atoms with E-state index in [9.17, 15) is 5.11 Å². The maximum atomic E-state index is 10.8. The van der Waals surface area contributed by atoms with Gasteiger partial charge in [-0.2, -0.15) is 0 Å². The largest absolute Gasteiger partial charge is 0.384 e. The van der Waals surface area contributed by atoms with Gasteiger partial charge in [-0.25, -0.2) is 0 Å². The van der Waals surface area contributed by atoms with Gasteiger partial charge in [0.05, 0.1) is 0 Å². The summed E-state index contributed by atoms with van der Waals surface area (Å²) in [6, 6.07) is 16.3. The molecule has 1 N–H and O–H groups in total. The Morgan fingerprint density at radius 3 is 2.38 bits per heavy atom. The van der Waals surface area contributed by atoms with Gasteiger partial charge in [-0.05, 0) is 43.4 Å². The van der Waals surface area contributed by atoms with E-state index in [-0.39, 0.29) is 0 Å². The standard InChI is InChI=1S/C19H23NO/c1-15-10-11-17(19(21)16-8-4-2-5-9-16)18(14-15)20-12-6-3-7-13-20/h2,4-5,8-11,14,19,21H,3,6-7,12-13H2,1H3. The number of hydrogen-bond acceptors (Lipinski definition) is 2. The molecular weight excluding hydrogens is 258 g/mol. The van der Waals surface area contributed by atoms with Gasteiger partial charge in [-0.3, -0.25) is 0 Å². The van der Waals surface area contributed by atoms with Gasteiger partial charge in [0.25, 0.3) is 0 Å². The SMILES string of the molecule is Cc1ccc(C(O)c2ccccc2)c(N2CCCCC2)c1. The van der Waals surface area contributed by atoms with Crippen molar-refractivity contribution in [3.8, 4) is 0 Å². The van der Waals surface area contributed by atoms with Crippen LogP contribution >= 0.6 is 0 Å². The van der Waals surface area contributed by atoms with Gasteiger partial charge in [-0.15, -0.1) is 0 Å². The molecule has 0 aliphatic carbocycles. The van der Waals surface area contributed by atoms with Crippen LogP contribution in [0.2, 0.25) is 0 Å². The zero-order valence-corrected chi connectivity index (χ0v) is 12.6. The number of nitrogens with zero attached hydrogens (tertiary/aromatic N) is 1. The highest BCUT2D eigenvalue weighted by molar-refractivity contribution is 5.58. The number of aliphatic hydroxyl groups excluding tert-OH is 1. The molecule has 110 valence electrons. The molecule has 0 amide bonds. The van der Waals surface area contributed by atoms with E-state index in [1.807, 2.05) is 30.3 Å². The third-order valence-electron chi connectivity index (χ3n) is 4.29. The van der Waals surface area contributed by atoms with Crippen LogP contribution in [0.1, 0.15) is 42.1 Å². The third kappa shape index (κ3) is 3.11. The van der Waals surface area contributed by atoms with E-state index >= 15 is 0 Å². The van der Waals surface area contributed by atoms with Gasteiger partial charge < -0.3 is 10.0 Å². The molecule has 0 bridgehead atoms. The zero-order chi connectivity index (χ0) is 14.7. The van der Waals surface area contributed by atoms with Crippen LogP contribution in [-0.4, -0.2) is 18.2 Å². The topological polar surface area (TPSA) is 23.5 Å². The monoisotopic (exact) mass is 281 g/mol. The van der Waals surface area contributed by atoms with E-state index in [1.165, 1.54) is 30.5 Å². The van der Waals surface area contributed by atoms with Crippen molar-refractivity contribution in [2.75, 3.05) is 18.0 Å². The summed E-state index contributed by atoms with van der Waals surface area (Å²) in [4.78, 5) is 2.43. The first-order valence-corrected chi connectivity index (χ1v) is 7.84. The Labute approximate surface area is 127 Å². The number of anilines is 1. The fourth-order valence-electron chi connectivity index (χ4n) is 3.11. The quantitative estimate of drug-likeness (QED) is 0.917. The molecule has 2 aromatic carbocycles. The maximum absolute atomic E-state index is 10.8. The Hall–Kier alpha value is -1.80. The lowest BCUT2D eigenvalue weighted by Crippen LogP contribution is -2.30. The molecule has 0 saturated carbocycles. The molecule has 1 aliphatic rings. The first kappa shape index (κ1) is 14.2. The third-order valence-corrected chi connectivity index (χ3v) is 4.29. The Morgan fingerprint density at radius 1 is 0.952 bits per heavy atom. The molecule has 0 aromatic heterocycles. The number of piperidine rings is 1. The average molecular weight is 281 g/mol. The summed E-state index contributed by atoms with van der Waals surface area (Å²) in [7, 11) is 0. The number of rotatable bonds is 3. The highest BCUT2D eigenvalue weighted by atomic mass is 16.3. The van der Waals surface area contributed by atoms with Gasteiger partial charge in [0.2, 0.25) is 0 Å². The summed E-state index contributed by atoms with van der Waals surface area (Å²) < 4.78 is 0. The van der Waals surface area contributed by atoms with Gasteiger partial charge in [0.1, 0.15) is 6.10 Å². The van der Waals surface area contributed by atoms with Crippen molar-refractivity contribution in [3.63, 3.8) is 0 Å². The molecule has 1 aliphatic heterocycles. The van der Waals surface area contributed by atoms with Crippen molar-refractivity contribution in [3.05, 3.63) is 65.2 Å². The first-order valence-electron chi connectivity index (χ1n) is 7.84. The van der Waals surface area contributed by atoms with Crippen molar-refractivity contribution in [1.82, 2.24) is 0 Å². The predicted octanol–water partition coefficient (Wildman–Crippen LogP) is 4.07. The van der Waals surface area contributed by atoms with Gasteiger partial charge in [0, 0.05) is 24.3 Å². The van der Waals surface area contributed by atoms with Crippen LogP contribution in [0.15, 0.2) is 48.5 Å². The van der Waals surface area contributed by atoms with Crippen LogP contribution in [0.4, 0.5) is 5.69 Å². The van der Waals surface area contributed by atoms with Crippen molar-refractivity contribution in [2.45, 2.75) is 32.3 Å². The second-order valence-corrected chi connectivity index (χ2v) is 5.92. The Balaban J connectivity index is 1.97. The predicted molar refractivity (Wildman–Crippen MR) is 87.7 cm³/mol. The average Bonchev–Trinajstić information content (AvgIpc) is 2.56. The second kappa shape index (κ2) is 6.31. The molecule has 2 aromatic rings. The summed E-state index contributed by atoms with van der Waals surface area (Å²) >= 11 is 0. The Kier molecular flexibility index (Phi) is 4.26. The molecule has 0 spiro atoms. The molecule has 3 rings (SSSR count). The molecule has 21 heavy (non-hydrogen) atoms. The van der Waals surface area contributed by atoms with Crippen LogP contribution in [0.3, 0.4) is 0 Å². The molecule has 2 nitrogen and oxygen atoms in total. The molecule has 1 heterocycles. The number of hydrogen-bond donors (Lipinski definition) is 1. The van der Waals surface area contributed by atoms with Crippen LogP contribution in [0.25, 0.3) is 0 Å². The van der Waals surface area contributed by atoms with E-state index in [1.54, 1.807) is 0 Å². The van der Waals surface area contributed by atoms with Crippen LogP contribution in [0, 0.1) is 6.92 Å². The van der Waals surface area contributed by atoms with Gasteiger partial charge in [0.15, 0.2) is 0 Å². The normalized spacial score (nSPS) is 16.8. The summed E-state index contributed by atoms with van der Waals surface area (Å²) in [6.07, 6.45) is 3.26. The Morgan fingerprint density at radius 2 is 1.67 bits per heavy atom. The fraction of sp³-hybridized carbons (Fsp3) is 0.368. The van der Waals surface area contributed by atoms with Crippen molar-refractivity contribution in [2.24, 2.45) is 0 Å². The van der Waals surface area contributed by atoms with Gasteiger partial charge >= 0.3 is 0 Å². The summed E-state index contributed by atoms with van der Waals surface area (Å²) in [5.74, 6) is 0. The van der Waals surface area contributed by atoms with Crippen molar-refractivity contribution in [1.29, 1.82) is 0 Å². The van der Waals surface area contributed by atoms with Crippen LogP contribution < -0.4 is 4.90 Å². The molecule has 1 atom stereocenters. The minimum absolute atomic E-state index is 0.552. The van der Waals surface area contributed by atoms with E-state index in [2.05, 4.69) is 30.0 Å². The molecule has 1 fully saturated rings. The molecule has 0 radical (unpaired) electrons. The van der Waals surface area contributed by atoms with Crippen molar-refractivity contribution >= 4 is 5.69 Å². The van der Waals surface area contributed by atoms with E-state index < -0.39 is 6.10 Å².